The molecule has 34 heavy (non-hydrogen) atoms. The molecular formula is C26H24FN3O4. The van der Waals surface area contributed by atoms with Crippen LogP contribution in [0.2, 0.25) is 0 Å². The quantitative estimate of drug-likeness (QED) is 0.372. The van der Waals surface area contributed by atoms with E-state index in [1.54, 1.807) is 37.2 Å². The second-order valence-corrected chi connectivity index (χ2v) is 7.30. The first kappa shape index (κ1) is 22.8. The lowest BCUT2D eigenvalue weighted by Gasteiger charge is -2.11. The van der Waals surface area contributed by atoms with Gasteiger partial charge in [0.2, 0.25) is 0 Å². The number of rotatable bonds is 9. The second kappa shape index (κ2) is 10.5. The van der Waals surface area contributed by atoms with Gasteiger partial charge in [0.15, 0.2) is 0 Å². The topological polar surface area (TPSA) is 74.6 Å². The summed E-state index contributed by atoms with van der Waals surface area (Å²) in [5, 5.41) is 7.55. The third-order valence-corrected chi connectivity index (χ3v) is 5.11. The fraction of sp³-hybridized carbons (Fsp3) is 0.154. The van der Waals surface area contributed by atoms with Gasteiger partial charge >= 0.3 is 0 Å². The Morgan fingerprint density at radius 3 is 2.41 bits per heavy atom. The summed E-state index contributed by atoms with van der Waals surface area (Å²) in [6, 6.07) is 20.6. The molecule has 0 aliphatic carbocycles. The molecule has 1 heterocycles. The average Bonchev–Trinajstić information content (AvgIpc) is 3.33. The first-order valence-electron chi connectivity index (χ1n) is 10.6. The number of carbonyl (C=O) groups excluding carboxylic acids is 1. The van der Waals surface area contributed by atoms with Crippen molar-refractivity contribution < 1.29 is 23.4 Å². The molecule has 0 saturated heterocycles. The number of halogens is 1. The summed E-state index contributed by atoms with van der Waals surface area (Å²) in [6.07, 6.45) is 1.69. The van der Waals surface area contributed by atoms with Crippen molar-refractivity contribution in [2.24, 2.45) is 0 Å². The highest BCUT2D eigenvalue weighted by molar-refractivity contribution is 6.00. The van der Waals surface area contributed by atoms with Crippen LogP contribution >= 0.6 is 0 Å². The highest BCUT2D eigenvalue weighted by atomic mass is 19.1. The smallest absolute Gasteiger partial charge is 0.255 e. The van der Waals surface area contributed by atoms with Crippen LogP contribution in [-0.2, 0) is 0 Å². The normalized spacial score (nSPS) is 10.6. The number of carbonyl (C=O) groups is 1. The molecule has 0 saturated carbocycles. The van der Waals surface area contributed by atoms with Crippen molar-refractivity contribution in [2.45, 2.75) is 0 Å². The van der Waals surface area contributed by atoms with Crippen LogP contribution in [0.15, 0.2) is 79.0 Å². The number of aromatic nitrogens is 2. The van der Waals surface area contributed by atoms with Crippen molar-refractivity contribution >= 4 is 5.91 Å². The highest BCUT2D eigenvalue weighted by Gasteiger charge is 2.21. The zero-order chi connectivity index (χ0) is 23.9. The summed E-state index contributed by atoms with van der Waals surface area (Å²) in [5.74, 6) is 1.05. The van der Waals surface area contributed by atoms with E-state index in [0.717, 1.165) is 5.69 Å². The lowest BCUT2D eigenvalue weighted by molar-refractivity contribution is 0.0947. The van der Waals surface area contributed by atoms with Gasteiger partial charge in [0, 0.05) is 17.8 Å². The number of para-hydroxylation sites is 1. The molecule has 0 spiro atoms. The standard InChI is InChI=1S/C26H24FN3O4/c1-32-21-12-13-22(24(16-21)33-2)25-23(17-30(29-25)19-6-4-3-5-7-19)26(31)28-14-15-34-20-10-8-18(27)9-11-20/h3-13,16-17H,14-15H2,1-2H3,(H,28,31). The van der Waals surface area contributed by atoms with E-state index in [1.807, 2.05) is 36.4 Å². The van der Waals surface area contributed by atoms with Crippen LogP contribution < -0.4 is 19.5 Å². The van der Waals surface area contributed by atoms with Crippen molar-refractivity contribution in [3.8, 4) is 34.2 Å². The number of nitrogens with zero attached hydrogens (tertiary/aromatic N) is 2. The van der Waals surface area contributed by atoms with Crippen LogP contribution in [0, 0.1) is 5.82 Å². The van der Waals surface area contributed by atoms with Gasteiger partial charge in [0.1, 0.15) is 35.4 Å². The largest absolute Gasteiger partial charge is 0.497 e. The Morgan fingerprint density at radius 1 is 0.971 bits per heavy atom. The molecule has 8 heteroatoms. The van der Waals surface area contributed by atoms with Crippen molar-refractivity contribution in [2.75, 3.05) is 27.4 Å². The summed E-state index contributed by atoms with van der Waals surface area (Å²) in [5.41, 5.74) is 2.33. The molecule has 7 nitrogen and oxygen atoms in total. The van der Waals surface area contributed by atoms with Crippen molar-refractivity contribution in [1.29, 1.82) is 0 Å². The Labute approximate surface area is 196 Å². The van der Waals surface area contributed by atoms with Gasteiger partial charge in [-0.3, -0.25) is 4.79 Å². The molecule has 1 amide bonds. The van der Waals surface area contributed by atoms with Gasteiger partial charge in [0.05, 0.1) is 32.0 Å². The van der Waals surface area contributed by atoms with Crippen molar-refractivity contribution in [3.05, 3.63) is 90.4 Å². The maximum atomic E-state index is 13.1. The van der Waals surface area contributed by atoms with E-state index in [2.05, 4.69) is 10.4 Å². The zero-order valence-electron chi connectivity index (χ0n) is 18.8. The van der Waals surface area contributed by atoms with Crippen LogP contribution in [0.1, 0.15) is 10.4 Å². The molecule has 1 aromatic heterocycles. The minimum absolute atomic E-state index is 0.228. The molecule has 0 fully saturated rings. The highest BCUT2D eigenvalue weighted by Crippen LogP contribution is 2.34. The summed E-state index contributed by atoms with van der Waals surface area (Å²) in [4.78, 5) is 13.1. The predicted octanol–water partition coefficient (Wildman–Crippen LogP) is 4.50. The van der Waals surface area contributed by atoms with E-state index in [4.69, 9.17) is 14.2 Å². The number of methoxy groups -OCH3 is 2. The molecule has 0 bridgehead atoms. The molecular weight excluding hydrogens is 437 g/mol. The van der Waals surface area contributed by atoms with E-state index >= 15 is 0 Å². The molecule has 3 aromatic carbocycles. The lowest BCUT2D eigenvalue weighted by atomic mass is 10.1. The van der Waals surface area contributed by atoms with Gasteiger partial charge in [-0.2, -0.15) is 5.10 Å². The monoisotopic (exact) mass is 461 g/mol. The van der Waals surface area contributed by atoms with Crippen molar-refractivity contribution in [1.82, 2.24) is 15.1 Å². The van der Waals surface area contributed by atoms with Gasteiger partial charge in [0.25, 0.3) is 5.91 Å². The van der Waals surface area contributed by atoms with E-state index in [-0.39, 0.29) is 24.9 Å². The molecule has 4 rings (SSSR count). The third kappa shape index (κ3) is 5.17. The fourth-order valence-electron chi connectivity index (χ4n) is 3.41. The van der Waals surface area contributed by atoms with E-state index in [1.165, 1.54) is 24.3 Å². The number of ether oxygens (including phenoxy) is 3. The van der Waals surface area contributed by atoms with Crippen LogP contribution in [0.5, 0.6) is 17.2 Å². The Morgan fingerprint density at radius 2 is 1.71 bits per heavy atom. The number of benzene rings is 3. The zero-order valence-corrected chi connectivity index (χ0v) is 18.8. The van der Waals surface area contributed by atoms with Crippen LogP contribution in [0.3, 0.4) is 0 Å². The first-order valence-corrected chi connectivity index (χ1v) is 10.6. The minimum atomic E-state index is -0.336. The van der Waals surface area contributed by atoms with Crippen LogP contribution in [-0.4, -0.2) is 43.1 Å². The maximum Gasteiger partial charge on any atom is 0.255 e. The number of amides is 1. The Kier molecular flexibility index (Phi) is 7.07. The minimum Gasteiger partial charge on any atom is -0.497 e. The van der Waals surface area contributed by atoms with Crippen LogP contribution in [0.4, 0.5) is 4.39 Å². The molecule has 0 aliphatic rings. The third-order valence-electron chi connectivity index (χ3n) is 5.11. The van der Waals surface area contributed by atoms with E-state index < -0.39 is 0 Å². The van der Waals surface area contributed by atoms with E-state index in [9.17, 15) is 9.18 Å². The van der Waals surface area contributed by atoms with E-state index in [0.29, 0.717) is 34.1 Å². The number of hydrogen-bond donors (Lipinski definition) is 1. The first-order chi connectivity index (χ1) is 16.6. The predicted molar refractivity (Wildman–Crippen MR) is 126 cm³/mol. The van der Waals surface area contributed by atoms with Gasteiger partial charge in [-0.1, -0.05) is 18.2 Å². The summed E-state index contributed by atoms with van der Waals surface area (Å²) in [6.45, 7) is 0.483. The molecule has 0 atom stereocenters. The molecule has 0 unspecified atom stereocenters. The second-order valence-electron chi connectivity index (χ2n) is 7.30. The van der Waals surface area contributed by atoms with Gasteiger partial charge in [-0.25, -0.2) is 9.07 Å². The van der Waals surface area contributed by atoms with Gasteiger partial charge in [-0.15, -0.1) is 0 Å². The van der Waals surface area contributed by atoms with Gasteiger partial charge in [-0.05, 0) is 48.5 Å². The molecule has 1 N–H and O–H groups in total. The maximum absolute atomic E-state index is 13.1. The molecule has 0 radical (unpaired) electrons. The SMILES string of the molecule is COc1ccc(-c2nn(-c3ccccc3)cc2C(=O)NCCOc2ccc(F)cc2)c(OC)c1. The Hall–Kier alpha value is -4.33. The van der Waals surface area contributed by atoms with Crippen LogP contribution in [0.25, 0.3) is 16.9 Å². The Bertz CT molecular complexity index is 1260. The number of nitrogens with one attached hydrogen (secondary N) is 1. The summed E-state index contributed by atoms with van der Waals surface area (Å²) < 4.78 is 31.1. The average molecular weight is 461 g/mol. The van der Waals surface area contributed by atoms with Gasteiger partial charge < -0.3 is 19.5 Å². The molecule has 174 valence electrons. The molecule has 4 aromatic rings. The summed E-state index contributed by atoms with van der Waals surface area (Å²) in [7, 11) is 3.13. The summed E-state index contributed by atoms with van der Waals surface area (Å²) >= 11 is 0. The number of hydrogen-bond acceptors (Lipinski definition) is 5. The molecule has 0 aliphatic heterocycles. The van der Waals surface area contributed by atoms with Crippen molar-refractivity contribution in [3.63, 3.8) is 0 Å². The fourth-order valence-corrected chi connectivity index (χ4v) is 3.41. The Balaban J connectivity index is 1.58. The lowest BCUT2D eigenvalue weighted by Crippen LogP contribution is -2.28.